The number of hydrogen-bond donors (Lipinski definition) is 1. The van der Waals surface area contributed by atoms with Crippen molar-refractivity contribution in [3.05, 3.63) is 54.4 Å². The summed E-state index contributed by atoms with van der Waals surface area (Å²) in [6.45, 7) is 0.197. The van der Waals surface area contributed by atoms with Crippen LogP contribution in [-0.4, -0.2) is 43.2 Å². The second kappa shape index (κ2) is 7.87. The number of nitrogens with zero attached hydrogens (tertiary/aromatic N) is 3. The Morgan fingerprint density at radius 3 is 2.68 bits per heavy atom. The summed E-state index contributed by atoms with van der Waals surface area (Å²) in [5.41, 5.74) is 2.22. The first-order valence-corrected chi connectivity index (χ1v) is 8.68. The molecule has 28 heavy (non-hydrogen) atoms. The van der Waals surface area contributed by atoms with Crippen LogP contribution in [0.4, 0.5) is 29.3 Å². The van der Waals surface area contributed by atoms with E-state index >= 15 is 0 Å². The van der Waals surface area contributed by atoms with E-state index in [0.717, 1.165) is 11.3 Å². The lowest BCUT2D eigenvalue weighted by Gasteiger charge is -2.25. The highest BCUT2D eigenvalue weighted by atomic mass is 19.4. The van der Waals surface area contributed by atoms with E-state index in [4.69, 9.17) is 0 Å². The highest BCUT2D eigenvalue weighted by molar-refractivity contribution is 6.04. The lowest BCUT2D eigenvalue weighted by molar-refractivity contribution is -0.173. The fraction of sp³-hybridized carbons (Fsp3) is 0.316. The molecule has 0 spiro atoms. The number of para-hydroxylation sites is 1. The molecular formula is C19H19F3N4O2. The number of alkyl halides is 3. The Bertz CT molecular complexity index is 858. The minimum Gasteiger partial charge on any atom is -0.348 e. The van der Waals surface area contributed by atoms with Crippen molar-refractivity contribution in [1.82, 2.24) is 10.3 Å². The van der Waals surface area contributed by atoms with Crippen LogP contribution in [0.3, 0.4) is 0 Å². The second-order valence-corrected chi connectivity index (χ2v) is 6.46. The second-order valence-electron chi connectivity index (χ2n) is 6.46. The maximum absolute atomic E-state index is 13.0. The Hall–Kier alpha value is -3.10. The number of rotatable bonds is 4. The largest absolute Gasteiger partial charge is 0.471 e. The maximum atomic E-state index is 13.0. The van der Waals surface area contributed by atoms with Gasteiger partial charge in [0.15, 0.2) is 0 Å². The molecule has 9 heteroatoms. The van der Waals surface area contributed by atoms with Crippen LogP contribution in [0.15, 0.2) is 48.8 Å². The van der Waals surface area contributed by atoms with E-state index in [0.29, 0.717) is 18.7 Å². The van der Waals surface area contributed by atoms with Crippen LogP contribution in [0, 0.1) is 0 Å². The van der Waals surface area contributed by atoms with Crippen molar-refractivity contribution in [1.29, 1.82) is 0 Å². The van der Waals surface area contributed by atoms with E-state index < -0.39 is 12.1 Å². The standard InChI is InChI=1S/C19H19F3N4O2/c1-25(14-5-4-9-23-11-14)18(28)26-12-13(15-6-2-3-7-16(15)26)8-10-24-17(27)19(20,21)22/h2-7,9,11,13H,8,10,12H2,1H3,(H,24,27). The number of pyridine rings is 1. The average molecular weight is 392 g/mol. The molecule has 0 radical (unpaired) electrons. The Morgan fingerprint density at radius 1 is 1.25 bits per heavy atom. The first-order chi connectivity index (χ1) is 13.3. The molecule has 2 heterocycles. The third kappa shape index (κ3) is 4.08. The van der Waals surface area contributed by atoms with Crippen molar-refractivity contribution >= 4 is 23.3 Å². The van der Waals surface area contributed by atoms with Crippen molar-refractivity contribution in [2.24, 2.45) is 0 Å². The van der Waals surface area contributed by atoms with Crippen LogP contribution in [0.2, 0.25) is 0 Å². The van der Waals surface area contributed by atoms with Gasteiger partial charge in [-0.25, -0.2) is 4.79 Å². The predicted octanol–water partition coefficient (Wildman–Crippen LogP) is 3.31. The summed E-state index contributed by atoms with van der Waals surface area (Å²) in [4.78, 5) is 31.0. The number of amides is 3. The van der Waals surface area contributed by atoms with Crippen molar-refractivity contribution in [2.45, 2.75) is 18.5 Å². The van der Waals surface area contributed by atoms with Crippen LogP contribution in [0.25, 0.3) is 0 Å². The summed E-state index contributed by atoms with van der Waals surface area (Å²) in [6, 6.07) is 10.5. The molecule has 0 saturated carbocycles. The lowest BCUT2D eigenvalue weighted by Crippen LogP contribution is -2.41. The normalized spacial score (nSPS) is 15.9. The van der Waals surface area contributed by atoms with Gasteiger partial charge in [-0.1, -0.05) is 18.2 Å². The van der Waals surface area contributed by atoms with Crippen LogP contribution < -0.4 is 15.1 Å². The first-order valence-electron chi connectivity index (χ1n) is 8.68. The number of urea groups is 1. The van der Waals surface area contributed by atoms with E-state index in [2.05, 4.69) is 4.98 Å². The number of hydrogen-bond acceptors (Lipinski definition) is 3. The number of halogens is 3. The third-order valence-electron chi connectivity index (χ3n) is 4.66. The van der Waals surface area contributed by atoms with Gasteiger partial charge in [-0.15, -0.1) is 0 Å². The highest BCUT2D eigenvalue weighted by Crippen LogP contribution is 2.38. The Kier molecular flexibility index (Phi) is 5.53. The maximum Gasteiger partial charge on any atom is 0.471 e. The molecule has 0 saturated heterocycles. The number of anilines is 2. The number of carbonyl (C=O) groups excluding carboxylic acids is 2. The number of benzene rings is 1. The summed E-state index contributed by atoms with van der Waals surface area (Å²) < 4.78 is 37.0. The minimum absolute atomic E-state index is 0.127. The van der Waals surface area contributed by atoms with Crippen molar-refractivity contribution in [2.75, 3.05) is 29.9 Å². The number of nitrogens with one attached hydrogen (secondary N) is 1. The molecule has 1 aliphatic heterocycles. The molecule has 1 N–H and O–H groups in total. The molecule has 148 valence electrons. The molecule has 3 amide bonds. The molecule has 0 aliphatic carbocycles. The summed E-state index contributed by atoms with van der Waals surface area (Å²) in [7, 11) is 1.64. The molecule has 2 aromatic rings. The van der Waals surface area contributed by atoms with Gasteiger partial charge < -0.3 is 5.32 Å². The fourth-order valence-electron chi connectivity index (χ4n) is 3.23. The fourth-order valence-corrected chi connectivity index (χ4v) is 3.23. The molecule has 0 fully saturated rings. The minimum atomic E-state index is -4.90. The average Bonchev–Trinajstić information content (AvgIpc) is 3.05. The Labute approximate surface area is 160 Å². The summed E-state index contributed by atoms with van der Waals surface area (Å²) in [5, 5.41) is 1.89. The first kappa shape index (κ1) is 19.7. The van der Waals surface area contributed by atoms with Gasteiger partial charge >= 0.3 is 18.1 Å². The van der Waals surface area contributed by atoms with Gasteiger partial charge in [0.2, 0.25) is 0 Å². The topological polar surface area (TPSA) is 65.5 Å². The van der Waals surface area contributed by atoms with Crippen LogP contribution >= 0.6 is 0 Å². The highest BCUT2D eigenvalue weighted by Gasteiger charge is 2.39. The molecule has 1 aliphatic rings. The smallest absolute Gasteiger partial charge is 0.348 e. The van der Waals surface area contributed by atoms with Crippen LogP contribution in [0.1, 0.15) is 17.9 Å². The monoisotopic (exact) mass is 392 g/mol. The van der Waals surface area contributed by atoms with E-state index in [-0.39, 0.29) is 18.5 Å². The van der Waals surface area contributed by atoms with E-state index in [1.807, 2.05) is 17.4 Å². The zero-order chi connectivity index (χ0) is 20.3. The van der Waals surface area contributed by atoms with Crippen molar-refractivity contribution in [3.63, 3.8) is 0 Å². The Morgan fingerprint density at radius 2 is 2.00 bits per heavy atom. The molecule has 1 aromatic carbocycles. The molecular weight excluding hydrogens is 373 g/mol. The van der Waals surface area contributed by atoms with Crippen molar-refractivity contribution < 1.29 is 22.8 Å². The third-order valence-corrected chi connectivity index (χ3v) is 4.66. The molecule has 1 atom stereocenters. The number of fused-ring (bicyclic) bond motifs is 1. The lowest BCUT2D eigenvalue weighted by atomic mass is 9.98. The van der Waals surface area contributed by atoms with E-state index in [1.54, 1.807) is 48.6 Å². The van der Waals surface area contributed by atoms with E-state index in [9.17, 15) is 22.8 Å². The zero-order valence-electron chi connectivity index (χ0n) is 15.1. The molecule has 0 bridgehead atoms. The number of aromatic nitrogens is 1. The van der Waals surface area contributed by atoms with Gasteiger partial charge in [-0.2, -0.15) is 13.2 Å². The SMILES string of the molecule is CN(C(=O)N1CC(CCNC(=O)C(F)(F)F)c2ccccc21)c1cccnc1. The zero-order valence-corrected chi connectivity index (χ0v) is 15.1. The summed E-state index contributed by atoms with van der Waals surface area (Å²) >= 11 is 0. The van der Waals surface area contributed by atoms with Gasteiger partial charge in [0.25, 0.3) is 0 Å². The molecule has 1 aromatic heterocycles. The van der Waals surface area contributed by atoms with Crippen LogP contribution in [0.5, 0.6) is 0 Å². The van der Waals surface area contributed by atoms with Gasteiger partial charge in [0.1, 0.15) is 0 Å². The summed E-state index contributed by atoms with van der Waals surface area (Å²) in [6.07, 6.45) is -1.43. The van der Waals surface area contributed by atoms with Gasteiger partial charge in [-0.05, 0) is 30.2 Å². The molecule has 3 rings (SSSR count). The number of carbonyl (C=O) groups is 2. The van der Waals surface area contributed by atoms with Gasteiger partial charge in [0, 0.05) is 37.9 Å². The Balaban J connectivity index is 1.71. The van der Waals surface area contributed by atoms with Crippen molar-refractivity contribution in [3.8, 4) is 0 Å². The quantitative estimate of drug-likeness (QED) is 0.868. The molecule has 1 unspecified atom stereocenters. The molecule has 6 nitrogen and oxygen atoms in total. The predicted molar refractivity (Wildman–Crippen MR) is 98.2 cm³/mol. The van der Waals surface area contributed by atoms with Gasteiger partial charge in [0.05, 0.1) is 11.9 Å². The summed E-state index contributed by atoms with van der Waals surface area (Å²) in [5.74, 6) is -2.13. The van der Waals surface area contributed by atoms with Gasteiger partial charge in [-0.3, -0.25) is 19.6 Å². The van der Waals surface area contributed by atoms with E-state index in [1.165, 1.54) is 4.90 Å². The van der Waals surface area contributed by atoms with Crippen LogP contribution in [-0.2, 0) is 4.79 Å².